The monoisotopic (exact) mass is 239 g/mol. The standard InChI is InChI=1S/C13H13N5/c1-9-17-12-11(4-7-15-12)13(18-9)16-8-10-2-5-14-6-3-10/h2-7H,8H2,1H3,(H2,15,16,17,18). The van der Waals surface area contributed by atoms with E-state index in [1.165, 1.54) is 5.56 Å². The lowest BCUT2D eigenvalue weighted by Crippen LogP contribution is -2.03. The van der Waals surface area contributed by atoms with Crippen molar-refractivity contribution >= 4 is 16.9 Å². The van der Waals surface area contributed by atoms with E-state index < -0.39 is 0 Å². The number of hydrogen-bond donors (Lipinski definition) is 2. The van der Waals surface area contributed by atoms with Gasteiger partial charge in [0, 0.05) is 25.1 Å². The molecule has 0 unspecified atom stereocenters. The Labute approximate surface area is 104 Å². The highest BCUT2D eigenvalue weighted by molar-refractivity contribution is 5.86. The molecule has 3 heterocycles. The topological polar surface area (TPSA) is 66.5 Å². The molecule has 0 fully saturated rings. The summed E-state index contributed by atoms with van der Waals surface area (Å²) in [6.45, 7) is 2.61. The molecular weight excluding hydrogens is 226 g/mol. The second-order valence-electron chi connectivity index (χ2n) is 4.07. The summed E-state index contributed by atoms with van der Waals surface area (Å²) in [4.78, 5) is 15.9. The Hall–Kier alpha value is -2.43. The van der Waals surface area contributed by atoms with E-state index >= 15 is 0 Å². The Morgan fingerprint density at radius 2 is 2.00 bits per heavy atom. The van der Waals surface area contributed by atoms with E-state index in [4.69, 9.17) is 0 Å². The van der Waals surface area contributed by atoms with E-state index in [0.29, 0.717) is 0 Å². The maximum atomic E-state index is 4.43. The van der Waals surface area contributed by atoms with E-state index in [2.05, 4.69) is 25.3 Å². The molecule has 3 aromatic rings. The van der Waals surface area contributed by atoms with E-state index in [9.17, 15) is 0 Å². The van der Waals surface area contributed by atoms with Crippen LogP contribution < -0.4 is 5.32 Å². The van der Waals surface area contributed by atoms with Crippen molar-refractivity contribution in [3.8, 4) is 0 Å². The number of pyridine rings is 1. The van der Waals surface area contributed by atoms with Crippen molar-refractivity contribution < 1.29 is 0 Å². The fourth-order valence-electron chi connectivity index (χ4n) is 1.87. The predicted molar refractivity (Wildman–Crippen MR) is 70.2 cm³/mol. The quantitative estimate of drug-likeness (QED) is 0.735. The van der Waals surface area contributed by atoms with Gasteiger partial charge >= 0.3 is 0 Å². The minimum Gasteiger partial charge on any atom is -0.365 e. The molecular formula is C13H13N5. The highest BCUT2D eigenvalue weighted by atomic mass is 15.0. The first-order valence-corrected chi connectivity index (χ1v) is 5.77. The van der Waals surface area contributed by atoms with Crippen LogP contribution in [0.4, 0.5) is 5.82 Å². The number of rotatable bonds is 3. The SMILES string of the molecule is Cc1nc(NCc2ccncc2)c2cc[nH]c2n1. The Balaban J connectivity index is 1.88. The largest absolute Gasteiger partial charge is 0.365 e. The van der Waals surface area contributed by atoms with E-state index in [0.717, 1.165) is 29.2 Å². The molecule has 0 aliphatic heterocycles. The summed E-state index contributed by atoms with van der Waals surface area (Å²) in [7, 11) is 0. The lowest BCUT2D eigenvalue weighted by atomic mass is 10.2. The summed E-state index contributed by atoms with van der Waals surface area (Å²) in [5, 5.41) is 4.34. The third-order valence-electron chi connectivity index (χ3n) is 2.74. The average molecular weight is 239 g/mol. The van der Waals surface area contributed by atoms with Crippen molar-refractivity contribution in [3.05, 3.63) is 48.2 Å². The number of fused-ring (bicyclic) bond motifs is 1. The number of nitrogens with one attached hydrogen (secondary N) is 2. The molecule has 0 aliphatic carbocycles. The van der Waals surface area contributed by atoms with Crippen LogP contribution in [0.5, 0.6) is 0 Å². The van der Waals surface area contributed by atoms with Crippen LogP contribution in [-0.2, 0) is 6.54 Å². The number of aromatic amines is 1. The van der Waals surface area contributed by atoms with Gasteiger partial charge in [-0.05, 0) is 30.7 Å². The molecule has 18 heavy (non-hydrogen) atoms. The Morgan fingerprint density at radius 3 is 2.83 bits per heavy atom. The van der Waals surface area contributed by atoms with Crippen LogP contribution >= 0.6 is 0 Å². The molecule has 0 aromatic carbocycles. The zero-order valence-corrected chi connectivity index (χ0v) is 10.0. The van der Waals surface area contributed by atoms with Gasteiger partial charge in [0.1, 0.15) is 17.3 Å². The summed E-state index contributed by atoms with van der Waals surface area (Å²) in [6, 6.07) is 5.94. The smallest absolute Gasteiger partial charge is 0.143 e. The molecule has 0 amide bonds. The summed E-state index contributed by atoms with van der Waals surface area (Å²) in [5.41, 5.74) is 2.03. The lowest BCUT2D eigenvalue weighted by molar-refractivity contribution is 1.04. The molecule has 0 saturated carbocycles. The fourth-order valence-corrected chi connectivity index (χ4v) is 1.87. The van der Waals surface area contributed by atoms with Crippen molar-refractivity contribution in [2.24, 2.45) is 0 Å². The maximum Gasteiger partial charge on any atom is 0.143 e. The number of hydrogen-bond acceptors (Lipinski definition) is 4. The molecule has 5 nitrogen and oxygen atoms in total. The number of aromatic nitrogens is 4. The van der Waals surface area contributed by atoms with Crippen molar-refractivity contribution in [1.82, 2.24) is 19.9 Å². The van der Waals surface area contributed by atoms with Gasteiger partial charge in [0.2, 0.25) is 0 Å². The Kier molecular flexibility index (Phi) is 2.64. The summed E-state index contributed by atoms with van der Waals surface area (Å²) < 4.78 is 0. The molecule has 0 radical (unpaired) electrons. The molecule has 0 spiro atoms. The van der Waals surface area contributed by atoms with Gasteiger partial charge in [0.05, 0.1) is 5.39 Å². The van der Waals surface area contributed by atoms with Gasteiger partial charge in [-0.15, -0.1) is 0 Å². The third-order valence-corrected chi connectivity index (χ3v) is 2.74. The van der Waals surface area contributed by atoms with E-state index in [-0.39, 0.29) is 0 Å². The normalized spacial score (nSPS) is 10.7. The first-order chi connectivity index (χ1) is 8.83. The molecule has 5 heteroatoms. The van der Waals surface area contributed by atoms with Gasteiger partial charge in [0.15, 0.2) is 0 Å². The first kappa shape index (κ1) is 10.7. The molecule has 3 rings (SSSR count). The molecule has 0 aliphatic rings. The van der Waals surface area contributed by atoms with E-state index in [1.807, 2.05) is 31.3 Å². The zero-order valence-electron chi connectivity index (χ0n) is 10.0. The average Bonchev–Trinajstić information content (AvgIpc) is 2.85. The molecule has 0 atom stereocenters. The first-order valence-electron chi connectivity index (χ1n) is 5.77. The van der Waals surface area contributed by atoms with Crippen LogP contribution in [0.2, 0.25) is 0 Å². The van der Waals surface area contributed by atoms with Crippen LogP contribution in [0, 0.1) is 6.92 Å². The second kappa shape index (κ2) is 4.44. The maximum absolute atomic E-state index is 4.43. The molecule has 2 N–H and O–H groups in total. The van der Waals surface area contributed by atoms with Crippen molar-refractivity contribution in [2.75, 3.05) is 5.32 Å². The van der Waals surface area contributed by atoms with Gasteiger partial charge in [-0.25, -0.2) is 9.97 Å². The molecule has 0 saturated heterocycles. The van der Waals surface area contributed by atoms with Gasteiger partial charge in [-0.1, -0.05) is 0 Å². The number of H-pyrrole nitrogens is 1. The molecule has 90 valence electrons. The fraction of sp³-hybridized carbons (Fsp3) is 0.154. The molecule has 3 aromatic heterocycles. The highest BCUT2D eigenvalue weighted by Gasteiger charge is 2.05. The number of nitrogens with zero attached hydrogens (tertiary/aromatic N) is 3. The number of anilines is 1. The van der Waals surface area contributed by atoms with Gasteiger partial charge < -0.3 is 10.3 Å². The summed E-state index contributed by atoms with van der Waals surface area (Å²) >= 11 is 0. The third kappa shape index (κ3) is 2.02. The van der Waals surface area contributed by atoms with Crippen molar-refractivity contribution in [3.63, 3.8) is 0 Å². The van der Waals surface area contributed by atoms with Crippen molar-refractivity contribution in [1.29, 1.82) is 0 Å². The van der Waals surface area contributed by atoms with E-state index in [1.54, 1.807) is 12.4 Å². The van der Waals surface area contributed by atoms with Gasteiger partial charge in [-0.2, -0.15) is 0 Å². The Morgan fingerprint density at radius 1 is 1.17 bits per heavy atom. The summed E-state index contributed by atoms with van der Waals surface area (Å²) in [6.07, 6.45) is 5.44. The second-order valence-corrected chi connectivity index (χ2v) is 4.07. The predicted octanol–water partition coefficient (Wildman–Crippen LogP) is 2.27. The van der Waals surface area contributed by atoms with Crippen LogP contribution in [0.15, 0.2) is 36.8 Å². The Bertz CT molecular complexity index is 659. The van der Waals surface area contributed by atoms with Gasteiger partial charge in [0.25, 0.3) is 0 Å². The van der Waals surface area contributed by atoms with Crippen LogP contribution in [0.25, 0.3) is 11.0 Å². The van der Waals surface area contributed by atoms with Crippen molar-refractivity contribution in [2.45, 2.75) is 13.5 Å². The number of aryl methyl sites for hydroxylation is 1. The summed E-state index contributed by atoms with van der Waals surface area (Å²) in [5.74, 6) is 1.61. The minimum atomic E-state index is 0.721. The lowest BCUT2D eigenvalue weighted by Gasteiger charge is -2.07. The van der Waals surface area contributed by atoms with Gasteiger partial charge in [-0.3, -0.25) is 4.98 Å². The van der Waals surface area contributed by atoms with Crippen LogP contribution in [0.1, 0.15) is 11.4 Å². The zero-order chi connectivity index (χ0) is 12.4. The molecule has 0 bridgehead atoms. The minimum absolute atomic E-state index is 0.721. The van der Waals surface area contributed by atoms with Crippen LogP contribution in [-0.4, -0.2) is 19.9 Å². The highest BCUT2D eigenvalue weighted by Crippen LogP contribution is 2.19. The van der Waals surface area contributed by atoms with Crippen LogP contribution in [0.3, 0.4) is 0 Å².